The van der Waals surface area contributed by atoms with E-state index in [0.29, 0.717) is 12.0 Å². The summed E-state index contributed by atoms with van der Waals surface area (Å²) in [6.45, 7) is 5.32. The number of aryl methyl sites for hydroxylation is 1. The number of hydrogen-bond acceptors (Lipinski definition) is 4. The largest absolute Gasteiger partial charge is 0.338 e. The average Bonchev–Trinajstić information content (AvgIpc) is 3.02. The monoisotopic (exact) mass is 373 g/mol. The third-order valence-electron chi connectivity index (χ3n) is 6.01. The molecule has 0 saturated carbocycles. The number of piperidine rings is 1. The summed E-state index contributed by atoms with van der Waals surface area (Å²) < 4.78 is 1.52. The van der Waals surface area contributed by atoms with E-state index in [1.165, 1.54) is 21.4 Å². The summed E-state index contributed by atoms with van der Waals surface area (Å²) in [7, 11) is 0. The van der Waals surface area contributed by atoms with Crippen LogP contribution in [0.25, 0.3) is 10.2 Å². The van der Waals surface area contributed by atoms with Crippen LogP contribution in [0.5, 0.6) is 0 Å². The maximum Gasteiger partial charge on any atom is 0.262 e. The number of hydrogen-bond donors (Lipinski definition) is 0. The predicted molar refractivity (Wildman–Crippen MR) is 105 cm³/mol. The molecule has 0 radical (unpaired) electrons. The Morgan fingerprint density at radius 3 is 3.00 bits per heavy atom. The first-order chi connectivity index (χ1) is 12.6. The predicted octanol–water partition coefficient (Wildman–Crippen LogP) is 3.37. The van der Waals surface area contributed by atoms with Crippen LogP contribution in [0.4, 0.5) is 0 Å². The van der Waals surface area contributed by atoms with Crippen molar-refractivity contribution in [3.8, 4) is 0 Å². The minimum atomic E-state index is -0.0412. The first kappa shape index (κ1) is 17.7. The van der Waals surface area contributed by atoms with Crippen molar-refractivity contribution in [1.29, 1.82) is 0 Å². The van der Waals surface area contributed by atoms with Crippen LogP contribution in [0.2, 0.25) is 0 Å². The van der Waals surface area contributed by atoms with Crippen molar-refractivity contribution >= 4 is 27.5 Å². The van der Waals surface area contributed by atoms with E-state index in [2.05, 4.69) is 18.8 Å². The minimum Gasteiger partial charge on any atom is -0.338 e. The van der Waals surface area contributed by atoms with Crippen LogP contribution in [0.1, 0.15) is 56.4 Å². The summed E-state index contributed by atoms with van der Waals surface area (Å²) in [6, 6.07) is 0.319. The van der Waals surface area contributed by atoms with Crippen molar-refractivity contribution in [3.05, 3.63) is 27.1 Å². The number of aromatic nitrogens is 2. The molecule has 0 aromatic carbocycles. The number of nitrogens with zero attached hydrogens (tertiary/aromatic N) is 3. The normalized spacial score (nSPS) is 23.2. The fourth-order valence-corrected chi connectivity index (χ4v) is 5.81. The Labute approximate surface area is 158 Å². The Hall–Kier alpha value is -1.69. The van der Waals surface area contributed by atoms with E-state index in [0.717, 1.165) is 55.3 Å². The van der Waals surface area contributed by atoms with Crippen LogP contribution in [0, 0.1) is 5.92 Å². The Morgan fingerprint density at radius 2 is 2.19 bits per heavy atom. The number of likely N-dealkylation sites (tertiary alicyclic amines) is 1. The lowest BCUT2D eigenvalue weighted by atomic mass is 9.89. The molecule has 2 aliphatic rings. The molecule has 1 fully saturated rings. The van der Waals surface area contributed by atoms with Crippen molar-refractivity contribution in [1.82, 2.24) is 14.5 Å². The number of amides is 1. The Morgan fingerprint density at radius 1 is 1.35 bits per heavy atom. The van der Waals surface area contributed by atoms with Gasteiger partial charge in [-0.1, -0.05) is 13.8 Å². The Balaban J connectivity index is 1.64. The van der Waals surface area contributed by atoms with Gasteiger partial charge < -0.3 is 4.90 Å². The third-order valence-corrected chi connectivity index (χ3v) is 7.17. The summed E-state index contributed by atoms with van der Waals surface area (Å²) in [4.78, 5) is 34.6. The van der Waals surface area contributed by atoms with Gasteiger partial charge in [-0.15, -0.1) is 11.3 Å². The smallest absolute Gasteiger partial charge is 0.262 e. The van der Waals surface area contributed by atoms with Crippen LogP contribution in [-0.4, -0.2) is 32.9 Å². The highest BCUT2D eigenvalue weighted by molar-refractivity contribution is 7.18. The summed E-state index contributed by atoms with van der Waals surface area (Å²) >= 11 is 1.66. The maximum atomic E-state index is 13.1. The number of carbonyl (C=O) groups excluding carboxylic acids is 1. The molecule has 1 aliphatic heterocycles. The standard InChI is InChI=1S/C20H27N3O2S/c1-3-14-6-4-5-9-23(14)17(24)11-22-12-21-19-18(20(22)25)15-8-7-13(2)10-16(15)26-19/h12-14H,3-11H2,1-2H3/t13-,14-/m0/s1. The molecule has 1 saturated heterocycles. The molecule has 0 unspecified atom stereocenters. The fraction of sp³-hybridized carbons (Fsp3) is 0.650. The second kappa shape index (κ2) is 7.14. The minimum absolute atomic E-state index is 0.0412. The molecule has 3 heterocycles. The molecular formula is C20H27N3O2S. The van der Waals surface area contributed by atoms with Gasteiger partial charge in [-0.3, -0.25) is 14.2 Å². The van der Waals surface area contributed by atoms with Gasteiger partial charge in [0.1, 0.15) is 11.4 Å². The maximum absolute atomic E-state index is 13.1. The second-order valence-electron chi connectivity index (χ2n) is 7.85. The van der Waals surface area contributed by atoms with Gasteiger partial charge in [0.2, 0.25) is 5.91 Å². The van der Waals surface area contributed by atoms with Crippen molar-refractivity contribution in [2.24, 2.45) is 5.92 Å². The molecule has 1 amide bonds. The summed E-state index contributed by atoms with van der Waals surface area (Å²) in [5, 5.41) is 0.762. The molecule has 4 rings (SSSR count). The van der Waals surface area contributed by atoms with Gasteiger partial charge in [0.05, 0.1) is 11.7 Å². The topological polar surface area (TPSA) is 55.2 Å². The zero-order chi connectivity index (χ0) is 18.3. The van der Waals surface area contributed by atoms with Gasteiger partial charge in [-0.2, -0.15) is 0 Å². The van der Waals surface area contributed by atoms with Crippen LogP contribution in [0.3, 0.4) is 0 Å². The Bertz CT molecular complexity index is 885. The molecule has 6 heteroatoms. The van der Waals surface area contributed by atoms with Crippen LogP contribution >= 0.6 is 11.3 Å². The molecule has 2 aromatic heterocycles. The highest BCUT2D eigenvalue weighted by Crippen LogP contribution is 2.35. The molecule has 0 spiro atoms. The van der Waals surface area contributed by atoms with Crippen LogP contribution in [-0.2, 0) is 24.2 Å². The van der Waals surface area contributed by atoms with Crippen molar-refractivity contribution in [2.45, 2.75) is 71.4 Å². The summed E-state index contributed by atoms with van der Waals surface area (Å²) in [5.41, 5.74) is 1.15. The second-order valence-corrected chi connectivity index (χ2v) is 8.94. The Kier molecular flexibility index (Phi) is 4.86. The van der Waals surface area contributed by atoms with Gasteiger partial charge in [-0.05, 0) is 56.4 Å². The molecule has 0 bridgehead atoms. The third kappa shape index (κ3) is 3.08. The van der Waals surface area contributed by atoms with Gasteiger partial charge in [-0.25, -0.2) is 4.98 Å². The molecule has 1 aliphatic carbocycles. The van der Waals surface area contributed by atoms with E-state index >= 15 is 0 Å². The van der Waals surface area contributed by atoms with Crippen molar-refractivity contribution in [2.75, 3.05) is 6.54 Å². The molecule has 26 heavy (non-hydrogen) atoms. The molecule has 140 valence electrons. The van der Waals surface area contributed by atoms with E-state index < -0.39 is 0 Å². The van der Waals surface area contributed by atoms with Gasteiger partial charge in [0, 0.05) is 17.5 Å². The van der Waals surface area contributed by atoms with Crippen molar-refractivity contribution < 1.29 is 4.79 Å². The van der Waals surface area contributed by atoms with E-state index in [-0.39, 0.29) is 18.0 Å². The number of carbonyl (C=O) groups is 1. The molecule has 2 atom stereocenters. The molecule has 0 N–H and O–H groups in total. The SMILES string of the molecule is CC[C@H]1CCCCN1C(=O)Cn1cnc2sc3c(c2c1=O)CC[C@H](C)C3. The van der Waals surface area contributed by atoms with Gasteiger partial charge in [0.15, 0.2) is 0 Å². The first-order valence-electron chi connectivity index (χ1n) is 9.87. The lowest BCUT2D eigenvalue weighted by Gasteiger charge is -2.35. The van der Waals surface area contributed by atoms with E-state index in [1.54, 1.807) is 17.7 Å². The highest BCUT2D eigenvalue weighted by Gasteiger charge is 2.27. The van der Waals surface area contributed by atoms with E-state index in [9.17, 15) is 9.59 Å². The molecular weight excluding hydrogens is 346 g/mol. The highest BCUT2D eigenvalue weighted by atomic mass is 32.1. The van der Waals surface area contributed by atoms with E-state index in [4.69, 9.17) is 0 Å². The first-order valence-corrected chi connectivity index (χ1v) is 10.7. The lowest BCUT2D eigenvalue weighted by Crippen LogP contribution is -2.45. The lowest BCUT2D eigenvalue weighted by molar-refractivity contribution is -0.135. The van der Waals surface area contributed by atoms with Crippen molar-refractivity contribution in [3.63, 3.8) is 0 Å². The van der Waals surface area contributed by atoms with Gasteiger partial charge in [0.25, 0.3) is 5.56 Å². The quantitative estimate of drug-likeness (QED) is 0.829. The van der Waals surface area contributed by atoms with Gasteiger partial charge >= 0.3 is 0 Å². The molecule has 5 nitrogen and oxygen atoms in total. The van der Waals surface area contributed by atoms with Crippen LogP contribution < -0.4 is 5.56 Å². The number of rotatable bonds is 3. The van der Waals surface area contributed by atoms with Crippen LogP contribution in [0.15, 0.2) is 11.1 Å². The number of fused-ring (bicyclic) bond motifs is 3. The summed E-state index contributed by atoms with van der Waals surface area (Å²) in [6.07, 6.45) is 8.99. The number of thiophene rings is 1. The fourth-order valence-electron chi connectivity index (χ4n) is 4.47. The van der Waals surface area contributed by atoms with E-state index in [1.807, 2.05) is 4.90 Å². The summed E-state index contributed by atoms with van der Waals surface area (Å²) in [5.74, 6) is 0.724. The zero-order valence-corrected chi connectivity index (χ0v) is 16.5. The zero-order valence-electron chi connectivity index (χ0n) is 15.7. The molecule has 2 aromatic rings. The average molecular weight is 374 g/mol.